The van der Waals surface area contributed by atoms with E-state index < -0.39 is 0 Å². The molecule has 0 aromatic heterocycles. The van der Waals surface area contributed by atoms with E-state index in [9.17, 15) is 0 Å². The molecule has 0 saturated heterocycles. The maximum Gasteiger partial charge on any atom is 0.0782 e. The van der Waals surface area contributed by atoms with Crippen molar-refractivity contribution < 1.29 is 0 Å². The van der Waals surface area contributed by atoms with Crippen LogP contribution in [-0.2, 0) is 5.41 Å². The molecule has 0 N–H and O–H groups in total. The minimum atomic E-state index is 0.0207. The number of anilines is 2. The summed E-state index contributed by atoms with van der Waals surface area (Å²) < 4.78 is 0. The van der Waals surface area contributed by atoms with E-state index in [0.717, 1.165) is 12.8 Å². The largest absolute Gasteiger partial charge is 0.330 e. The van der Waals surface area contributed by atoms with Crippen molar-refractivity contribution in [3.05, 3.63) is 151 Å². The Bertz CT molecular complexity index is 1960. The van der Waals surface area contributed by atoms with Gasteiger partial charge in [0.2, 0.25) is 0 Å². The lowest BCUT2D eigenvalue weighted by atomic mass is 9.80. The lowest BCUT2D eigenvalue weighted by Gasteiger charge is -2.30. The Kier molecular flexibility index (Phi) is 4.63. The highest BCUT2D eigenvalue weighted by molar-refractivity contribution is 6.19. The molecule has 41 heavy (non-hydrogen) atoms. The van der Waals surface area contributed by atoms with E-state index in [0.29, 0.717) is 5.92 Å². The fourth-order valence-electron chi connectivity index (χ4n) is 8.23. The second-order valence-corrected chi connectivity index (χ2v) is 12.2. The van der Waals surface area contributed by atoms with Crippen molar-refractivity contribution in [2.45, 2.75) is 30.7 Å². The van der Waals surface area contributed by atoms with Crippen LogP contribution in [0.4, 0.5) is 11.4 Å². The zero-order valence-electron chi connectivity index (χ0n) is 23.2. The molecular weight excluding hydrogens is 494 g/mol. The van der Waals surface area contributed by atoms with Gasteiger partial charge in [0.1, 0.15) is 0 Å². The van der Waals surface area contributed by atoms with Gasteiger partial charge >= 0.3 is 0 Å². The van der Waals surface area contributed by atoms with Crippen molar-refractivity contribution in [1.29, 1.82) is 0 Å². The monoisotopic (exact) mass is 525 g/mol. The molecule has 196 valence electrons. The zero-order chi connectivity index (χ0) is 27.2. The van der Waals surface area contributed by atoms with Gasteiger partial charge in [-0.25, -0.2) is 0 Å². The normalized spacial score (nSPS) is 25.2. The molecule has 0 spiro atoms. The number of benzene rings is 5. The van der Waals surface area contributed by atoms with Gasteiger partial charge in [0.05, 0.1) is 5.54 Å². The molecule has 1 heterocycles. The molecule has 1 nitrogen and oxygen atoms in total. The Labute approximate surface area is 241 Å². The molecule has 1 aliphatic heterocycles. The SMILES string of the molecule is CC1CC=CC=C1c1c2ccccc2c(-c2ccc(N3c4ccccc4C45C=CC=CC34C5)cc2)c2ccccc12. The smallest absolute Gasteiger partial charge is 0.0782 e. The van der Waals surface area contributed by atoms with Gasteiger partial charge < -0.3 is 4.90 Å². The van der Waals surface area contributed by atoms with E-state index in [1.54, 1.807) is 0 Å². The van der Waals surface area contributed by atoms with Crippen molar-refractivity contribution >= 4 is 38.5 Å². The van der Waals surface area contributed by atoms with Crippen LogP contribution in [0.25, 0.3) is 38.2 Å². The van der Waals surface area contributed by atoms with Crippen molar-refractivity contribution in [1.82, 2.24) is 0 Å². The van der Waals surface area contributed by atoms with Gasteiger partial charge in [-0.05, 0) is 86.3 Å². The lowest BCUT2D eigenvalue weighted by Crippen LogP contribution is -2.33. The third-order valence-corrected chi connectivity index (χ3v) is 10.2. The van der Waals surface area contributed by atoms with Crippen LogP contribution in [0.5, 0.6) is 0 Å². The summed E-state index contributed by atoms with van der Waals surface area (Å²) in [5, 5.41) is 5.33. The predicted molar refractivity (Wildman–Crippen MR) is 174 cm³/mol. The summed E-state index contributed by atoms with van der Waals surface area (Å²) in [5.74, 6) is 0.498. The highest BCUT2D eigenvalue weighted by Gasteiger charge is 2.74. The van der Waals surface area contributed by atoms with Crippen LogP contribution in [0.2, 0.25) is 0 Å². The molecule has 0 bridgehead atoms. The number of allylic oxidation sites excluding steroid dienone is 6. The van der Waals surface area contributed by atoms with Crippen LogP contribution in [0.15, 0.2) is 140 Å². The Morgan fingerprint density at radius 1 is 0.659 bits per heavy atom. The predicted octanol–water partition coefficient (Wildman–Crippen LogP) is 10.3. The molecule has 1 saturated carbocycles. The van der Waals surface area contributed by atoms with Crippen LogP contribution in [-0.4, -0.2) is 5.54 Å². The Morgan fingerprint density at radius 3 is 2.00 bits per heavy atom. The molecule has 9 rings (SSSR count). The number of hydrogen-bond acceptors (Lipinski definition) is 1. The van der Waals surface area contributed by atoms with Crippen LogP contribution < -0.4 is 4.90 Å². The molecule has 5 aromatic rings. The van der Waals surface area contributed by atoms with Gasteiger partial charge in [-0.1, -0.05) is 128 Å². The Hall–Kier alpha value is -4.62. The summed E-state index contributed by atoms with van der Waals surface area (Å²) in [6.07, 6.45) is 18.4. The van der Waals surface area contributed by atoms with Crippen LogP contribution in [0, 0.1) is 5.92 Å². The first kappa shape index (κ1) is 23.1. The van der Waals surface area contributed by atoms with E-state index in [1.807, 2.05) is 0 Å². The molecule has 3 unspecified atom stereocenters. The molecule has 0 amide bonds. The average Bonchev–Trinajstić information content (AvgIpc) is 3.65. The number of fused-ring (bicyclic) bond motifs is 3. The fourth-order valence-corrected chi connectivity index (χ4v) is 8.23. The quantitative estimate of drug-likeness (QED) is 0.212. The Balaban J connectivity index is 1.23. The summed E-state index contributed by atoms with van der Waals surface area (Å²) in [6.45, 7) is 2.35. The van der Waals surface area contributed by atoms with E-state index >= 15 is 0 Å². The summed E-state index contributed by atoms with van der Waals surface area (Å²) in [5.41, 5.74) is 9.62. The van der Waals surface area contributed by atoms with Crippen LogP contribution in [0.1, 0.15) is 30.9 Å². The molecule has 5 aromatic carbocycles. The minimum Gasteiger partial charge on any atom is -0.330 e. The van der Waals surface area contributed by atoms with Gasteiger partial charge in [0.25, 0.3) is 0 Å². The van der Waals surface area contributed by atoms with Gasteiger partial charge in [0, 0.05) is 16.8 Å². The van der Waals surface area contributed by atoms with Crippen molar-refractivity contribution in [3.63, 3.8) is 0 Å². The average molecular weight is 526 g/mol. The lowest BCUT2D eigenvalue weighted by molar-refractivity contribution is 0.740. The van der Waals surface area contributed by atoms with Crippen LogP contribution >= 0.6 is 0 Å². The van der Waals surface area contributed by atoms with Gasteiger partial charge in [-0.3, -0.25) is 0 Å². The van der Waals surface area contributed by atoms with E-state index in [1.165, 1.54) is 60.7 Å². The summed E-state index contributed by atoms with van der Waals surface area (Å²) in [4.78, 5) is 2.59. The maximum absolute atomic E-state index is 2.59. The van der Waals surface area contributed by atoms with Crippen molar-refractivity contribution in [2.24, 2.45) is 5.92 Å². The summed E-state index contributed by atoms with van der Waals surface area (Å²) >= 11 is 0. The first-order valence-corrected chi connectivity index (χ1v) is 14.9. The Morgan fingerprint density at radius 2 is 1.29 bits per heavy atom. The molecule has 4 aliphatic rings. The fraction of sp³-hybridized carbons (Fsp3) is 0.150. The highest BCUT2D eigenvalue weighted by atomic mass is 15.3. The first-order valence-electron chi connectivity index (χ1n) is 14.9. The highest BCUT2D eigenvalue weighted by Crippen LogP contribution is 2.72. The third kappa shape index (κ3) is 2.96. The van der Waals surface area contributed by atoms with Crippen molar-refractivity contribution in [3.8, 4) is 11.1 Å². The summed E-state index contributed by atoms with van der Waals surface area (Å²) in [6, 6.07) is 36.4. The number of rotatable bonds is 3. The third-order valence-electron chi connectivity index (χ3n) is 10.2. The second kappa shape index (κ2) is 8.21. The first-order chi connectivity index (χ1) is 20.2. The maximum atomic E-state index is 2.59. The van der Waals surface area contributed by atoms with Crippen LogP contribution in [0.3, 0.4) is 0 Å². The molecule has 3 atom stereocenters. The topological polar surface area (TPSA) is 3.24 Å². The van der Waals surface area contributed by atoms with E-state index in [4.69, 9.17) is 0 Å². The zero-order valence-corrected chi connectivity index (χ0v) is 23.2. The number of hydrogen-bond donors (Lipinski definition) is 0. The van der Waals surface area contributed by atoms with Crippen molar-refractivity contribution in [2.75, 3.05) is 4.90 Å². The number of nitrogens with zero attached hydrogens (tertiary/aromatic N) is 1. The molecular formula is C40H31N. The molecule has 1 fully saturated rings. The minimum absolute atomic E-state index is 0.0207. The van der Waals surface area contributed by atoms with Gasteiger partial charge in [0.15, 0.2) is 0 Å². The number of para-hydroxylation sites is 1. The molecule has 3 aliphatic carbocycles. The molecule has 0 radical (unpaired) electrons. The van der Waals surface area contributed by atoms with E-state index in [-0.39, 0.29) is 11.0 Å². The molecule has 1 heteroatoms. The van der Waals surface area contributed by atoms with Gasteiger partial charge in [-0.15, -0.1) is 0 Å². The van der Waals surface area contributed by atoms with E-state index in [2.05, 4.69) is 151 Å². The second-order valence-electron chi connectivity index (χ2n) is 12.2. The van der Waals surface area contributed by atoms with Gasteiger partial charge in [-0.2, -0.15) is 0 Å². The standard InChI is InChI=1S/C40H31N/c1-27-12-2-3-13-30(27)38-33-16-6-4-14-31(33)37(32-15-5-7-17-34(32)38)28-20-22-29(23-21-28)41-36-19-9-8-18-35(36)39-24-10-11-25-40(39,41)26-39/h2-11,13-25,27H,12,26H2,1H3. The summed E-state index contributed by atoms with van der Waals surface area (Å²) in [7, 11) is 0.